The third-order valence-electron chi connectivity index (χ3n) is 31.7. The first-order valence-electron chi connectivity index (χ1n) is 44.5. The summed E-state index contributed by atoms with van der Waals surface area (Å²) < 4.78 is 63.4. The first-order chi connectivity index (χ1) is 52.4. The molecule has 0 spiro atoms. The van der Waals surface area contributed by atoms with Crippen LogP contribution in [0.5, 0.6) is 0 Å². The van der Waals surface area contributed by atoms with Gasteiger partial charge in [0, 0.05) is 37.2 Å². The Morgan fingerprint density at radius 2 is 0.788 bits per heavy atom. The number of carbonyl (C=O) groups excluding carboxylic acids is 8. The summed E-state index contributed by atoms with van der Waals surface area (Å²) in [4.78, 5) is 97.0. The highest BCUT2D eigenvalue weighted by molar-refractivity contribution is 5.81. The van der Waals surface area contributed by atoms with Crippen LogP contribution in [-0.2, 0) is 90.5 Å². The predicted molar refractivity (Wildman–Crippen MR) is 457 cm³/mol. The van der Waals surface area contributed by atoms with E-state index >= 15 is 0 Å². The molecule has 0 amide bonds. The van der Waals surface area contributed by atoms with Gasteiger partial charge < -0.3 is 62.3 Å². The minimum absolute atomic E-state index is 0. The average Bonchev–Trinajstić information content (AvgIpc) is 1.56. The van der Waals surface area contributed by atoms with Crippen LogP contribution in [0.4, 0.5) is 0 Å². The van der Waals surface area contributed by atoms with Crippen LogP contribution in [0.1, 0.15) is 387 Å². The van der Waals surface area contributed by atoms with Crippen molar-refractivity contribution in [2.75, 3.05) is 6.61 Å². The number of fused-ring (bicyclic) bond motifs is 4. The van der Waals surface area contributed by atoms with Crippen LogP contribution >= 0.6 is 0 Å². The van der Waals surface area contributed by atoms with E-state index in [1.165, 1.54) is 32.1 Å². The summed E-state index contributed by atoms with van der Waals surface area (Å²) in [6.07, 6.45) is 32.1. The molecule has 19 fully saturated rings. The monoisotopic (exact) mass is 1670 g/mol. The summed E-state index contributed by atoms with van der Waals surface area (Å²) >= 11 is 0. The van der Waals surface area contributed by atoms with Crippen molar-refractivity contribution in [2.24, 2.45) is 85.8 Å². The van der Waals surface area contributed by atoms with Gasteiger partial charge in [-0.1, -0.05) is 86.1 Å². The van der Waals surface area contributed by atoms with Gasteiger partial charge in [0.25, 0.3) is 0 Å². The minimum atomic E-state index is -0.555. The molecule has 118 heavy (non-hydrogen) atoms. The van der Waals surface area contributed by atoms with Crippen LogP contribution in [0.15, 0.2) is 0 Å². The van der Waals surface area contributed by atoms with Crippen LogP contribution < -0.4 is 0 Å². The molecule has 18 atom stereocenters. The Kier molecular flexibility index (Phi) is 33.1. The van der Waals surface area contributed by atoms with E-state index in [2.05, 4.69) is 6.92 Å². The molecule has 2 N–H and O–H groups in total. The molecule has 12 aliphatic carbocycles. The van der Waals surface area contributed by atoms with Gasteiger partial charge in [0.2, 0.25) is 0 Å². The van der Waals surface area contributed by atoms with E-state index in [9.17, 15) is 48.6 Å². The molecule has 7 heterocycles. The zero-order valence-corrected chi connectivity index (χ0v) is 71.8. The summed E-state index contributed by atoms with van der Waals surface area (Å²) in [5.41, 5.74) is -4.90. The zero-order chi connectivity index (χ0) is 81.5. The van der Waals surface area contributed by atoms with Crippen LogP contribution in [0.25, 0.3) is 0 Å². The summed E-state index contributed by atoms with van der Waals surface area (Å²) in [7, 11) is 0. The zero-order valence-electron chi connectivity index (χ0n) is 71.8. The van der Waals surface area contributed by atoms with Crippen LogP contribution in [0.3, 0.4) is 0 Å². The average molecular weight is 1670 g/mol. The fraction of sp³-hybridized carbons (Fsp3) is 0.918. The highest BCUT2D eigenvalue weighted by Crippen LogP contribution is 2.62. The predicted octanol–water partition coefficient (Wildman–Crippen LogP) is 20.2. The second kappa shape index (κ2) is 38.2. The molecule has 12 saturated carbocycles. The highest BCUT2D eigenvalue weighted by Gasteiger charge is 2.67. The Bertz CT molecular complexity index is 3240. The molecular weight excluding hydrogens is 1500 g/mol. The SMILES string of the molecule is C.C.C.C.C.C.CCC(C)(C)C(=O)OC1(C2CC3CCC2O3)CCCC1.CCC(C)(C)C(=O)OC1(C2CCCO2)CCCC1.CCC(C)(C)C(=O)OC12CC3CC(CC(O)(C3)C1)C2.CCC(C)(C)C(=O)OC12CC3CC(CC(O)(C3)C1)C2.CCC(C)(C)C(=O)OC1C2CC3C(=O)OC1C3C2.CCC(C)(C)C(=O)OC1C2CC3C(=O)OC1C3O2. The van der Waals surface area contributed by atoms with E-state index < -0.39 is 45.1 Å². The van der Waals surface area contributed by atoms with Crippen molar-refractivity contribution in [3.05, 3.63) is 0 Å². The van der Waals surface area contributed by atoms with E-state index in [1.54, 1.807) is 0 Å². The molecule has 7 aliphatic heterocycles. The minimum Gasteiger partial charge on any atom is -0.459 e. The van der Waals surface area contributed by atoms with Crippen molar-refractivity contribution in [3.8, 4) is 0 Å². The molecule has 0 aromatic rings. The number of aliphatic hydroxyl groups is 2. The first-order valence-corrected chi connectivity index (χ1v) is 44.5. The van der Waals surface area contributed by atoms with Gasteiger partial charge >= 0.3 is 47.8 Å². The molecule has 0 radical (unpaired) electrons. The number of hydrogen-bond acceptors (Lipinski definition) is 21. The number of rotatable bonds is 20. The Morgan fingerprint density at radius 3 is 1.18 bits per heavy atom. The van der Waals surface area contributed by atoms with Crippen molar-refractivity contribution in [3.63, 3.8) is 0 Å². The summed E-state index contributed by atoms with van der Waals surface area (Å²) in [6.45, 7) is 36.1. The molecule has 21 heteroatoms. The molecule has 0 aromatic carbocycles. The summed E-state index contributed by atoms with van der Waals surface area (Å²) in [5, 5.41) is 21.3. The topological polar surface area (TPSA) is 279 Å². The number of hydrogen-bond donors (Lipinski definition) is 2. The Hall–Kier alpha value is -4.44. The molecule has 7 saturated heterocycles. The maximum Gasteiger partial charge on any atom is 0.312 e. The maximum absolute atomic E-state index is 12.6. The van der Waals surface area contributed by atoms with Gasteiger partial charge in [-0.25, -0.2) is 0 Å². The molecular formula is C97H168O21. The van der Waals surface area contributed by atoms with Gasteiger partial charge in [0.15, 0.2) is 12.2 Å². The second-order valence-electron chi connectivity index (χ2n) is 42.5. The third kappa shape index (κ3) is 20.9. The van der Waals surface area contributed by atoms with E-state index in [0.717, 1.165) is 167 Å². The van der Waals surface area contributed by atoms with Crippen molar-refractivity contribution in [1.82, 2.24) is 0 Å². The normalized spacial score (nSPS) is 37.0. The van der Waals surface area contributed by atoms with E-state index in [4.69, 9.17) is 52.1 Å². The fourth-order valence-electron chi connectivity index (χ4n) is 22.9. The molecule has 19 rings (SSSR count). The van der Waals surface area contributed by atoms with Crippen LogP contribution in [0.2, 0.25) is 0 Å². The van der Waals surface area contributed by atoms with Gasteiger partial charge in [-0.2, -0.15) is 0 Å². The Labute approximate surface area is 713 Å². The quantitative estimate of drug-likeness (QED) is 0.0846. The van der Waals surface area contributed by atoms with Gasteiger partial charge in [-0.05, 0) is 312 Å². The van der Waals surface area contributed by atoms with Crippen molar-refractivity contribution in [1.29, 1.82) is 0 Å². The van der Waals surface area contributed by atoms with Crippen molar-refractivity contribution in [2.45, 2.75) is 476 Å². The maximum atomic E-state index is 12.6. The second-order valence-corrected chi connectivity index (χ2v) is 42.5. The molecule has 0 aromatic heterocycles. The van der Waals surface area contributed by atoms with Gasteiger partial charge in [-0.15, -0.1) is 0 Å². The first kappa shape index (κ1) is 102. The number of ether oxygens (including phenoxy) is 11. The van der Waals surface area contributed by atoms with Crippen molar-refractivity contribution < 1.29 is 101 Å². The highest BCUT2D eigenvalue weighted by atomic mass is 16.7. The largest absolute Gasteiger partial charge is 0.459 e. The van der Waals surface area contributed by atoms with Crippen LogP contribution in [0, 0.1) is 85.8 Å². The van der Waals surface area contributed by atoms with Gasteiger partial charge in [0.1, 0.15) is 40.7 Å². The van der Waals surface area contributed by atoms with Crippen molar-refractivity contribution >= 4 is 47.8 Å². The molecule has 19 aliphatic rings. The van der Waals surface area contributed by atoms with Crippen LogP contribution in [-0.4, -0.2) is 153 Å². The number of esters is 8. The lowest BCUT2D eigenvalue weighted by molar-refractivity contribution is -0.226. The lowest BCUT2D eigenvalue weighted by Crippen LogP contribution is -2.61. The van der Waals surface area contributed by atoms with Gasteiger partial charge in [-0.3, -0.25) is 38.4 Å². The molecule has 21 nitrogen and oxygen atoms in total. The number of carbonyl (C=O) groups is 8. The third-order valence-corrected chi connectivity index (χ3v) is 31.7. The Morgan fingerprint density at radius 1 is 0.398 bits per heavy atom. The van der Waals surface area contributed by atoms with Gasteiger partial charge in [0.05, 0.1) is 79.9 Å². The lowest BCUT2D eigenvalue weighted by atomic mass is 9.52. The fourth-order valence-corrected chi connectivity index (χ4v) is 22.9. The molecule has 18 unspecified atom stereocenters. The van der Waals surface area contributed by atoms with E-state index in [-0.39, 0.29) is 168 Å². The smallest absolute Gasteiger partial charge is 0.312 e. The molecule has 682 valence electrons. The lowest BCUT2D eigenvalue weighted by Gasteiger charge is -2.59. The van der Waals surface area contributed by atoms with E-state index in [0.29, 0.717) is 79.3 Å². The standard InChI is InChI=1S/C17H28O3.2C16H26O3.C15H26O3.C14H20O4.C13H18O5.6CH4/c1-4-16(2,3)15(18)20-17(9-5-6-10-17)13-11-12-7-8-14(13)19-12;2*1-4-14(2,3)13(17)19-16-8-11-5-12(9-16)7-15(18,6-11)10-16;1-4-14(2,3)13(16)18-15(9-5-6-10-15)12-8-7-11-17-12;1-4-14(2,3)13(16)18-10-7-5-8-9(6-7)12(15)17-11(8)10;1-4-13(2,3)12(15)18-9-7-5-6-8(16-7)10(9)17-11(6)14;;;;;;/h12-14H,4-11H2,1-3H3;2*11-12,18H,4-10H2,1-3H3;12H,4-11H2,1-3H3;7-11H,4-6H2,1-3H3;6-10H,4-5H2,1-3H3;6*1H4. The summed E-state index contributed by atoms with van der Waals surface area (Å²) in [5.74, 6) is 2.31. The van der Waals surface area contributed by atoms with E-state index in [1.807, 2.05) is 118 Å². The Balaban J connectivity index is 0.000000218. The molecule has 14 bridgehead atoms. The summed E-state index contributed by atoms with van der Waals surface area (Å²) in [6, 6.07) is 0.